The van der Waals surface area contributed by atoms with Gasteiger partial charge in [0.2, 0.25) is 5.91 Å². The molecule has 0 spiro atoms. The van der Waals surface area contributed by atoms with Crippen molar-refractivity contribution in [1.82, 2.24) is 9.62 Å². The van der Waals surface area contributed by atoms with Gasteiger partial charge < -0.3 is 9.64 Å². The highest BCUT2D eigenvalue weighted by atomic mass is 32.2. The first kappa shape index (κ1) is 20.9. The van der Waals surface area contributed by atoms with E-state index in [2.05, 4.69) is 11.3 Å². The Morgan fingerprint density at radius 3 is 2.44 bits per heavy atom. The van der Waals surface area contributed by atoms with Crippen molar-refractivity contribution in [2.75, 3.05) is 26.7 Å². The lowest BCUT2D eigenvalue weighted by Gasteiger charge is -2.16. The summed E-state index contributed by atoms with van der Waals surface area (Å²) in [6.07, 6.45) is 0.660. The third-order valence-corrected chi connectivity index (χ3v) is 4.68. The summed E-state index contributed by atoms with van der Waals surface area (Å²) < 4.78 is 31.1. The van der Waals surface area contributed by atoms with E-state index < -0.39 is 21.9 Å². The first-order valence-corrected chi connectivity index (χ1v) is 9.32. The van der Waals surface area contributed by atoms with Crippen molar-refractivity contribution in [1.29, 1.82) is 0 Å². The molecule has 0 heterocycles. The van der Waals surface area contributed by atoms with E-state index in [-0.39, 0.29) is 17.9 Å². The highest BCUT2D eigenvalue weighted by Crippen LogP contribution is 2.07. The number of amides is 1. The number of carbonyl (C=O) groups excluding carboxylic acids is 2. The van der Waals surface area contributed by atoms with Crippen molar-refractivity contribution in [2.24, 2.45) is 0 Å². The minimum absolute atomic E-state index is 0.0497. The average Bonchev–Trinajstić information content (AvgIpc) is 2.57. The Morgan fingerprint density at radius 1 is 1.20 bits per heavy atom. The summed E-state index contributed by atoms with van der Waals surface area (Å²) in [7, 11) is -2.02. The number of hydrogen-bond donors (Lipinski definition) is 1. The van der Waals surface area contributed by atoms with Gasteiger partial charge in [-0.2, -0.15) is 0 Å². The van der Waals surface area contributed by atoms with E-state index in [4.69, 9.17) is 4.74 Å². The largest absolute Gasteiger partial charge is 0.462 e. The molecule has 0 aliphatic heterocycles. The zero-order chi connectivity index (χ0) is 18.9. The molecule has 0 aromatic heterocycles. The van der Waals surface area contributed by atoms with E-state index in [0.29, 0.717) is 25.1 Å². The molecular weight excluding hydrogens is 344 g/mol. The van der Waals surface area contributed by atoms with Crippen molar-refractivity contribution in [2.45, 2.75) is 24.7 Å². The Morgan fingerprint density at radius 2 is 1.84 bits per heavy atom. The molecule has 0 saturated carbocycles. The number of ether oxygens (including phenoxy) is 1. The molecule has 1 aromatic carbocycles. The molecule has 0 aliphatic rings. The second kappa shape index (κ2) is 9.95. The number of nitrogens with one attached hydrogen (secondary N) is 1. The third-order valence-electron chi connectivity index (χ3n) is 3.29. The normalized spacial score (nSPS) is 11.2. The Kier molecular flexibility index (Phi) is 8.30. The summed E-state index contributed by atoms with van der Waals surface area (Å²) in [6, 6.07) is 7.73. The molecule has 0 saturated heterocycles. The standard InChI is InChI=1S/C17H24N2O5S/c1-14(2)17(21)24-13-7-11-19(3)12-10-16(20)18-25(22,23)15-8-5-4-6-9-15/h4-6,8-9H,1,7,10-13H2,2-3H3,(H,18,20). The lowest BCUT2D eigenvalue weighted by atomic mass is 10.3. The monoisotopic (exact) mass is 368 g/mol. The smallest absolute Gasteiger partial charge is 0.333 e. The van der Waals surface area contributed by atoms with Crippen molar-refractivity contribution in [3.05, 3.63) is 42.5 Å². The van der Waals surface area contributed by atoms with Gasteiger partial charge in [-0.3, -0.25) is 4.79 Å². The molecule has 7 nitrogen and oxygen atoms in total. The molecule has 0 atom stereocenters. The Hall–Kier alpha value is -2.19. The van der Waals surface area contributed by atoms with E-state index in [0.717, 1.165) is 0 Å². The summed E-state index contributed by atoms with van der Waals surface area (Å²) in [5.41, 5.74) is 0.352. The molecule has 0 fully saturated rings. The van der Waals surface area contributed by atoms with Crippen LogP contribution in [0.1, 0.15) is 19.8 Å². The summed E-state index contributed by atoms with van der Waals surface area (Å²) in [5.74, 6) is -0.988. The predicted octanol–water partition coefficient (Wildman–Crippen LogP) is 1.32. The summed E-state index contributed by atoms with van der Waals surface area (Å²) in [5, 5.41) is 0. The van der Waals surface area contributed by atoms with E-state index in [1.54, 1.807) is 32.2 Å². The first-order valence-electron chi connectivity index (χ1n) is 7.84. The van der Waals surface area contributed by atoms with Gasteiger partial charge in [-0.05, 0) is 32.5 Å². The van der Waals surface area contributed by atoms with E-state index >= 15 is 0 Å². The van der Waals surface area contributed by atoms with Gasteiger partial charge in [0.1, 0.15) is 0 Å². The molecule has 1 amide bonds. The van der Waals surface area contributed by atoms with Crippen LogP contribution in [0.2, 0.25) is 0 Å². The highest BCUT2D eigenvalue weighted by molar-refractivity contribution is 7.90. The fourth-order valence-electron chi connectivity index (χ4n) is 1.89. The van der Waals surface area contributed by atoms with Crippen LogP contribution in [0.3, 0.4) is 0 Å². The SMILES string of the molecule is C=C(C)C(=O)OCCCN(C)CCC(=O)NS(=O)(=O)c1ccccc1. The van der Waals surface area contributed by atoms with Crippen molar-refractivity contribution >= 4 is 21.9 Å². The van der Waals surface area contributed by atoms with Crippen LogP contribution < -0.4 is 4.72 Å². The van der Waals surface area contributed by atoms with Crippen molar-refractivity contribution in [3.8, 4) is 0 Å². The van der Waals surface area contributed by atoms with Crippen LogP contribution >= 0.6 is 0 Å². The van der Waals surface area contributed by atoms with Gasteiger partial charge in [-0.25, -0.2) is 17.9 Å². The number of sulfonamides is 1. The highest BCUT2D eigenvalue weighted by Gasteiger charge is 2.17. The van der Waals surface area contributed by atoms with Gasteiger partial charge in [0.15, 0.2) is 0 Å². The molecule has 1 aromatic rings. The van der Waals surface area contributed by atoms with Crippen LogP contribution in [0.25, 0.3) is 0 Å². The van der Waals surface area contributed by atoms with Crippen LogP contribution in [0.4, 0.5) is 0 Å². The molecule has 0 radical (unpaired) electrons. The molecular formula is C17H24N2O5S. The molecule has 138 valence electrons. The Bertz CT molecular complexity index is 701. The zero-order valence-electron chi connectivity index (χ0n) is 14.5. The van der Waals surface area contributed by atoms with Crippen LogP contribution in [0.15, 0.2) is 47.4 Å². The summed E-state index contributed by atoms with van der Waals surface area (Å²) in [6.45, 7) is 6.35. The fraction of sp³-hybridized carbons (Fsp3) is 0.412. The van der Waals surface area contributed by atoms with E-state index in [9.17, 15) is 18.0 Å². The quantitative estimate of drug-likeness (QED) is 0.380. The van der Waals surface area contributed by atoms with Crippen LogP contribution in [-0.4, -0.2) is 51.9 Å². The number of carbonyl (C=O) groups is 2. The zero-order valence-corrected chi connectivity index (χ0v) is 15.3. The van der Waals surface area contributed by atoms with Gasteiger partial charge in [-0.1, -0.05) is 24.8 Å². The molecule has 8 heteroatoms. The van der Waals surface area contributed by atoms with Crippen LogP contribution in [-0.2, 0) is 24.3 Å². The average molecular weight is 368 g/mol. The Labute approximate surface area is 148 Å². The number of hydrogen-bond acceptors (Lipinski definition) is 6. The maximum atomic E-state index is 12.0. The molecule has 1 rings (SSSR count). The predicted molar refractivity (Wildman–Crippen MR) is 94.3 cm³/mol. The minimum Gasteiger partial charge on any atom is -0.462 e. The molecule has 25 heavy (non-hydrogen) atoms. The molecule has 0 unspecified atom stereocenters. The van der Waals surface area contributed by atoms with Crippen molar-refractivity contribution < 1.29 is 22.7 Å². The number of nitrogens with zero attached hydrogens (tertiary/aromatic N) is 1. The van der Waals surface area contributed by atoms with Gasteiger partial charge in [-0.15, -0.1) is 0 Å². The molecule has 0 aliphatic carbocycles. The fourth-order valence-corrected chi connectivity index (χ4v) is 2.92. The summed E-state index contributed by atoms with van der Waals surface area (Å²) in [4.78, 5) is 25.0. The number of esters is 1. The number of rotatable bonds is 10. The van der Waals surface area contributed by atoms with E-state index in [1.165, 1.54) is 12.1 Å². The Balaban J connectivity index is 2.29. The maximum absolute atomic E-state index is 12.0. The van der Waals surface area contributed by atoms with Gasteiger partial charge in [0, 0.05) is 25.1 Å². The second-order valence-electron chi connectivity index (χ2n) is 5.66. The number of benzene rings is 1. The summed E-state index contributed by atoms with van der Waals surface area (Å²) >= 11 is 0. The van der Waals surface area contributed by atoms with Crippen LogP contribution in [0.5, 0.6) is 0 Å². The lowest BCUT2D eigenvalue weighted by molar-refractivity contribution is -0.139. The minimum atomic E-state index is -3.83. The van der Waals surface area contributed by atoms with Crippen molar-refractivity contribution in [3.63, 3.8) is 0 Å². The van der Waals surface area contributed by atoms with Crippen LogP contribution in [0, 0.1) is 0 Å². The third kappa shape index (κ3) is 7.95. The molecule has 1 N–H and O–H groups in total. The van der Waals surface area contributed by atoms with Gasteiger partial charge in [0.05, 0.1) is 11.5 Å². The topological polar surface area (TPSA) is 92.8 Å². The van der Waals surface area contributed by atoms with E-state index in [1.807, 2.05) is 4.90 Å². The second-order valence-corrected chi connectivity index (χ2v) is 7.35. The molecule has 0 bridgehead atoms. The van der Waals surface area contributed by atoms with Gasteiger partial charge >= 0.3 is 5.97 Å². The first-order chi connectivity index (χ1) is 11.7. The maximum Gasteiger partial charge on any atom is 0.333 e. The van der Waals surface area contributed by atoms with Gasteiger partial charge in [0.25, 0.3) is 10.0 Å². The lowest BCUT2D eigenvalue weighted by Crippen LogP contribution is -2.33.